The average Bonchev–Trinajstić information content (AvgIpc) is 2.39. The quantitative estimate of drug-likeness (QED) is 0.764. The van der Waals surface area contributed by atoms with Gasteiger partial charge in [-0.1, -0.05) is 54.6 Å². The van der Waals surface area contributed by atoms with Gasteiger partial charge < -0.3 is 4.90 Å². The van der Waals surface area contributed by atoms with E-state index in [9.17, 15) is 4.79 Å². The van der Waals surface area contributed by atoms with Crippen LogP contribution in [0.4, 0.5) is 0 Å². The fraction of sp³-hybridized carbons (Fsp3) is 0.188. The monoisotopic (exact) mass is 239 g/mol. The molecule has 0 amide bonds. The van der Waals surface area contributed by atoms with Gasteiger partial charge in [-0.15, -0.1) is 0 Å². The lowest BCUT2D eigenvalue weighted by atomic mass is 9.98. The second kappa shape index (κ2) is 5.61. The number of rotatable bonds is 4. The first-order chi connectivity index (χ1) is 8.68. The number of nitrogens with zero attached hydrogens (tertiary/aromatic N) is 1. The zero-order valence-electron chi connectivity index (χ0n) is 10.8. The van der Waals surface area contributed by atoms with Crippen molar-refractivity contribution in [1.29, 1.82) is 0 Å². The summed E-state index contributed by atoms with van der Waals surface area (Å²) in [4.78, 5) is 14.5. The van der Waals surface area contributed by atoms with Crippen LogP contribution in [0.5, 0.6) is 0 Å². The summed E-state index contributed by atoms with van der Waals surface area (Å²) in [7, 11) is 4.01. The first kappa shape index (κ1) is 12.5. The molecule has 0 aliphatic heterocycles. The fourth-order valence-corrected chi connectivity index (χ4v) is 1.97. The SMILES string of the molecule is CN(C)Cc1ccccc1C(=O)c1ccccc1. The molecule has 92 valence electrons. The Balaban J connectivity index is 2.36. The van der Waals surface area contributed by atoms with E-state index in [-0.39, 0.29) is 5.78 Å². The molecule has 0 unspecified atom stereocenters. The Hall–Kier alpha value is -1.93. The molecule has 0 fully saturated rings. The van der Waals surface area contributed by atoms with E-state index in [2.05, 4.69) is 4.90 Å². The molecule has 0 radical (unpaired) electrons. The van der Waals surface area contributed by atoms with Crippen LogP contribution in [0.3, 0.4) is 0 Å². The molecule has 2 nitrogen and oxygen atoms in total. The molecule has 0 N–H and O–H groups in total. The van der Waals surface area contributed by atoms with Gasteiger partial charge in [0.25, 0.3) is 0 Å². The number of hydrogen-bond donors (Lipinski definition) is 0. The van der Waals surface area contributed by atoms with Gasteiger partial charge >= 0.3 is 0 Å². The Bertz CT molecular complexity index is 532. The summed E-state index contributed by atoms with van der Waals surface area (Å²) >= 11 is 0. The van der Waals surface area contributed by atoms with Gasteiger partial charge in [0.2, 0.25) is 0 Å². The van der Waals surface area contributed by atoms with Gasteiger partial charge in [0.1, 0.15) is 0 Å². The zero-order chi connectivity index (χ0) is 13.0. The maximum Gasteiger partial charge on any atom is 0.193 e. The lowest BCUT2D eigenvalue weighted by molar-refractivity contribution is 0.103. The summed E-state index contributed by atoms with van der Waals surface area (Å²) in [6.45, 7) is 0.773. The largest absolute Gasteiger partial charge is 0.305 e. The second-order valence-corrected chi connectivity index (χ2v) is 4.59. The highest BCUT2D eigenvalue weighted by molar-refractivity contribution is 6.09. The molecule has 0 aliphatic rings. The zero-order valence-corrected chi connectivity index (χ0v) is 10.8. The van der Waals surface area contributed by atoms with Gasteiger partial charge in [0, 0.05) is 17.7 Å². The van der Waals surface area contributed by atoms with Crippen LogP contribution in [-0.2, 0) is 6.54 Å². The van der Waals surface area contributed by atoms with Crippen LogP contribution in [0.2, 0.25) is 0 Å². The van der Waals surface area contributed by atoms with Crippen LogP contribution in [0.15, 0.2) is 54.6 Å². The lowest BCUT2D eigenvalue weighted by Gasteiger charge is -2.13. The smallest absolute Gasteiger partial charge is 0.193 e. The van der Waals surface area contributed by atoms with Crippen molar-refractivity contribution in [3.63, 3.8) is 0 Å². The topological polar surface area (TPSA) is 20.3 Å². The molecule has 0 saturated carbocycles. The summed E-state index contributed by atoms with van der Waals surface area (Å²) in [5.74, 6) is 0.0908. The van der Waals surface area contributed by atoms with Crippen molar-refractivity contribution >= 4 is 5.78 Å². The molecule has 2 rings (SSSR count). The van der Waals surface area contributed by atoms with Crippen LogP contribution in [0.1, 0.15) is 21.5 Å². The van der Waals surface area contributed by atoms with Crippen molar-refractivity contribution in [2.45, 2.75) is 6.54 Å². The standard InChI is InChI=1S/C16H17NO/c1-17(2)12-14-10-6-7-11-15(14)16(18)13-8-4-3-5-9-13/h3-11H,12H2,1-2H3. The van der Waals surface area contributed by atoms with E-state index in [4.69, 9.17) is 0 Å². The van der Waals surface area contributed by atoms with Crippen molar-refractivity contribution in [3.05, 3.63) is 71.3 Å². The number of benzene rings is 2. The van der Waals surface area contributed by atoms with Crippen LogP contribution >= 0.6 is 0 Å². The minimum atomic E-state index is 0.0908. The molecule has 2 aromatic rings. The van der Waals surface area contributed by atoms with E-state index < -0.39 is 0 Å². The maximum atomic E-state index is 12.4. The normalized spacial score (nSPS) is 10.6. The first-order valence-electron chi connectivity index (χ1n) is 6.01. The molecule has 0 aromatic heterocycles. The third-order valence-corrected chi connectivity index (χ3v) is 2.78. The van der Waals surface area contributed by atoms with Crippen molar-refractivity contribution < 1.29 is 4.79 Å². The van der Waals surface area contributed by atoms with Crippen molar-refractivity contribution in [1.82, 2.24) is 4.90 Å². The van der Waals surface area contributed by atoms with Crippen LogP contribution in [0, 0.1) is 0 Å². The van der Waals surface area contributed by atoms with Crippen LogP contribution < -0.4 is 0 Å². The van der Waals surface area contributed by atoms with Gasteiger partial charge in [-0.25, -0.2) is 0 Å². The molecule has 0 atom stereocenters. The Morgan fingerprint density at radius 1 is 0.944 bits per heavy atom. The molecule has 0 spiro atoms. The van der Waals surface area contributed by atoms with E-state index in [1.807, 2.05) is 68.7 Å². The van der Waals surface area contributed by atoms with Crippen molar-refractivity contribution in [2.24, 2.45) is 0 Å². The van der Waals surface area contributed by atoms with E-state index in [1.54, 1.807) is 0 Å². The van der Waals surface area contributed by atoms with Crippen LogP contribution in [-0.4, -0.2) is 24.8 Å². The number of carbonyl (C=O) groups excluding carboxylic acids is 1. The summed E-state index contributed by atoms with van der Waals surface area (Å²) in [6, 6.07) is 17.2. The summed E-state index contributed by atoms with van der Waals surface area (Å²) < 4.78 is 0. The molecule has 0 aliphatic carbocycles. The molecule has 2 heteroatoms. The van der Waals surface area contributed by atoms with E-state index >= 15 is 0 Å². The van der Waals surface area contributed by atoms with E-state index in [1.165, 1.54) is 0 Å². The molecule has 0 heterocycles. The predicted octanol–water partition coefficient (Wildman–Crippen LogP) is 2.98. The molecule has 0 saturated heterocycles. The summed E-state index contributed by atoms with van der Waals surface area (Å²) in [5, 5.41) is 0. The summed E-state index contributed by atoms with van der Waals surface area (Å²) in [6.07, 6.45) is 0. The highest BCUT2D eigenvalue weighted by atomic mass is 16.1. The molecule has 2 aromatic carbocycles. The van der Waals surface area contributed by atoms with E-state index in [0.717, 1.165) is 23.2 Å². The lowest BCUT2D eigenvalue weighted by Crippen LogP contribution is -2.14. The van der Waals surface area contributed by atoms with Gasteiger partial charge in [-0.3, -0.25) is 4.79 Å². The van der Waals surface area contributed by atoms with Gasteiger partial charge in [0.05, 0.1) is 0 Å². The molecular weight excluding hydrogens is 222 g/mol. The maximum absolute atomic E-state index is 12.4. The third kappa shape index (κ3) is 2.84. The molecule has 0 bridgehead atoms. The van der Waals surface area contributed by atoms with E-state index in [0.29, 0.717) is 0 Å². The number of hydrogen-bond acceptors (Lipinski definition) is 2. The van der Waals surface area contributed by atoms with Crippen LogP contribution in [0.25, 0.3) is 0 Å². The van der Waals surface area contributed by atoms with Crippen molar-refractivity contribution in [2.75, 3.05) is 14.1 Å². The predicted molar refractivity (Wildman–Crippen MR) is 73.7 cm³/mol. The Morgan fingerprint density at radius 3 is 2.22 bits per heavy atom. The number of ketones is 1. The Kier molecular flexibility index (Phi) is 3.90. The minimum Gasteiger partial charge on any atom is -0.305 e. The highest BCUT2D eigenvalue weighted by Gasteiger charge is 2.12. The second-order valence-electron chi connectivity index (χ2n) is 4.59. The highest BCUT2D eigenvalue weighted by Crippen LogP contribution is 2.15. The Labute approximate surface area is 108 Å². The van der Waals surface area contributed by atoms with Gasteiger partial charge in [-0.2, -0.15) is 0 Å². The number of carbonyl (C=O) groups is 1. The third-order valence-electron chi connectivity index (χ3n) is 2.78. The van der Waals surface area contributed by atoms with Gasteiger partial charge in [-0.05, 0) is 19.7 Å². The first-order valence-corrected chi connectivity index (χ1v) is 6.01. The van der Waals surface area contributed by atoms with Gasteiger partial charge in [0.15, 0.2) is 5.78 Å². The molecule has 18 heavy (non-hydrogen) atoms. The van der Waals surface area contributed by atoms with Crippen molar-refractivity contribution in [3.8, 4) is 0 Å². The molecular formula is C16H17NO. The Morgan fingerprint density at radius 2 is 1.56 bits per heavy atom. The fourth-order valence-electron chi connectivity index (χ4n) is 1.97. The summed E-state index contributed by atoms with van der Waals surface area (Å²) in [5.41, 5.74) is 2.59. The average molecular weight is 239 g/mol. The minimum absolute atomic E-state index is 0.0908.